The third-order valence-corrected chi connectivity index (χ3v) is 9.59. The Morgan fingerprint density at radius 1 is 0.417 bits per heavy atom. The Morgan fingerprint density at radius 2 is 0.667 bits per heavy atom. The SMILES string of the molecule is CCCCCCC[P+](C)(CCCCCCC)CCCCCCC.[Br-]. The third kappa shape index (κ3) is 17.7. The van der Waals surface area contributed by atoms with Crippen molar-refractivity contribution in [2.45, 2.75) is 117 Å². The van der Waals surface area contributed by atoms with Gasteiger partial charge in [0.1, 0.15) is 0 Å². The van der Waals surface area contributed by atoms with Gasteiger partial charge in [-0.15, -0.1) is 0 Å². The van der Waals surface area contributed by atoms with E-state index in [2.05, 4.69) is 27.4 Å². The van der Waals surface area contributed by atoms with Crippen LogP contribution in [-0.4, -0.2) is 25.2 Å². The second-order valence-electron chi connectivity index (χ2n) is 8.03. The first kappa shape index (κ1) is 27.1. The Morgan fingerprint density at radius 3 is 0.917 bits per heavy atom. The molecule has 0 aromatic carbocycles. The van der Waals surface area contributed by atoms with E-state index in [-0.39, 0.29) is 17.0 Å². The van der Waals surface area contributed by atoms with E-state index in [1.54, 1.807) is 18.5 Å². The fourth-order valence-electron chi connectivity index (χ4n) is 3.63. The monoisotopic (exact) mass is 422 g/mol. The smallest absolute Gasteiger partial charge is 0.0591 e. The van der Waals surface area contributed by atoms with Crippen LogP contribution in [0.4, 0.5) is 0 Å². The molecule has 0 atom stereocenters. The van der Waals surface area contributed by atoms with Crippen molar-refractivity contribution in [3.63, 3.8) is 0 Å². The van der Waals surface area contributed by atoms with Crippen molar-refractivity contribution >= 4 is 7.26 Å². The average Bonchev–Trinajstić information content (AvgIpc) is 2.54. The van der Waals surface area contributed by atoms with Crippen LogP contribution in [0.1, 0.15) is 117 Å². The van der Waals surface area contributed by atoms with Crippen molar-refractivity contribution in [1.29, 1.82) is 0 Å². The molecule has 0 amide bonds. The molecule has 0 aromatic heterocycles. The number of unbranched alkanes of at least 4 members (excludes halogenated alkanes) is 12. The first-order valence-corrected chi connectivity index (χ1v) is 13.8. The molecule has 0 saturated carbocycles. The lowest BCUT2D eigenvalue weighted by molar-refractivity contribution is -0.00000538. The largest absolute Gasteiger partial charge is 1.00 e. The van der Waals surface area contributed by atoms with E-state index in [0.29, 0.717) is 0 Å². The van der Waals surface area contributed by atoms with Crippen LogP contribution in [0.2, 0.25) is 0 Å². The molecule has 148 valence electrons. The molecule has 0 rings (SSSR count). The first-order chi connectivity index (χ1) is 11.2. The van der Waals surface area contributed by atoms with Gasteiger partial charge in [-0.1, -0.05) is 78.6 Å². The Balaban J connectivity index is 0. The maximum absolute atomic E-state index is 2.71. The molecule has 0 aliphatic heterocycles. The predicted octanol–water partition coefficient (Wildman–Crippen LogP) is 5.55. The highest BCUT2D eigenvalue weighted by atomic mass is 79.9. The van der Waals surface area contributed by atoms with E-state index in [4.69, 9.17) is 0 Å². The van der Waals surface area contributed by atoms with Gasteiger partial charge < -0.3 is 17.0 Å². The molecule has 0 spiro atoms. The summed E-state index contributed by atoms with van der Waals surface area (Å²) in [5, 5.41) is 0. The van der Waals surface area contributed by atoms with Gasteiger partial charge in [0, 0.05) is 13.9 Å². The van der Waals surface area contributed by atoms with Gasteiger partial charge in [0.25, 0.3) is 0 Å². The summed E-state index contributed by atoms with van der Waals surface area (Å²) in [6.45, 7) is 9.68. The van der Waals surface area contributed by atoms with Gasteiger partial charge in [-0.3, -0.25) is 0 Å². The summed E-state index contributed by atoms with van der Waals surface area (Å²) >= 11 is 0. The minimum atomic E-state index is -0.615. The normalized spacial score (nSPS) is 11.5. The van der Waals surface area contributed by atoms with E-state index >= 15 is 0 Å². The molecule has 2 heteroatoms. The molecule has 0 heterocycles. The summed E-state index contributed by atoms with van der Waals surface area (Å²) in [5.41, 5.74) is 0. The standard InChI is InChI=1S/C22H48P.BrH/c1-5-8-11-14-17-20-23(4,21-18-15-12-9-6-2)22-19-16-13-10-7-3;/h5-22H2,1-4H3;1H/q+1;/p-1. The van der Waals surface area contributed by atoms with Crippen LogP contribution in [0, 0.1) is 0 Å². The maximum Gasteiger partial charge on any atom is 0.0591 e. The number of hydrogen-bond acceptors (Lipinski definition) is 0. The van der Waals surface area contributed by atoms with Gasteiger partial charge in [-0.05, 0) is 38.5 Å². The molecule has 24 heavy (non-hydrogen) atoms. The van der Waals surface area contributed by atoms with Crippen LogP contribution in [0.25, 0.3) is 0 Å². The Hall–Kier alpha value is 0.910. The van der Waals surface area contributed by atoms with E-state index < -0.39 is 7.26 Å². The molecule has 0 nitrogen and oxygen atoms in total. The average molecular weight is 424 g/mol. The Kier molecular flexibility index (Phi) is 22.9. The summed E-state index contributed by atoms with van der Waals surface area (Å²) < 4.78 is 0. The molecule has 0 aliphatic carbocycles. The summed E-state index contributed by atoms with van der Waals surface area (Å²) in [6, 6.07) is 0. The third-order valence-electron chi connectivity index (χ3n) is 5.40. The molecular formula is C22H48BrP. The van der Waals surface area contributed by atoms with Crippen molar-refractivity contribution < 1.29 is 17.0 Å². The zero-order valence-corrected chi connectivity index (χ0v) is 20.0. The van der Waals surface area contributed by atoms with E-state index in [9.17, 15) is 0 Å². The fraction of sp³-hybridized carbons (Fsp3) is 1.00. The fourth-order valence-corrected chi connectivity index (χ4v) is 7.26. The number of halogens is 1. The predicted molar refractivity (Wildman–Crippen MR) is 114 cm³/mol. The van der Waals surface area contributed by atoms with Crippen LogP contribution < -0.4 is 17.0 Å². The minimum absolute atomic E-state index is 0. The summed E-state index contributed by atoms with van der Waals surface area (Å²) in [5.74, 6) is 0. The molecule has 0 aliphatic rings. The van der Waals surface area contributed by atoms with E-state index in [0.717, 1.165) is 0 Å². The number of hydrogen-bond donors (Lipinski definition) is 0. The molecule has 0 bridgehead atoms. The molecule has 0 unspecified atom stereocenters. The Bertz CT molecular complexity index is 194. The maximum atomic E-state index is 2.71. The molecule has 0 N–H and O–H groups in total. The molecule has 0 aromatic rings. The van der Waals surface area contributed by atoms with Crippen LogP contribution in [0.5, 0.6) is 0 Å². The highest BCUT2D eigenvalue weighted by Gasteiger charge is 2.29. The molecular weight excluding hydrogens is 375 g/mol. The zero-order valence-electron chi connectivity index (χ0n) is 17.6. The summed E-state index contributed by atoms with van der Waals surface area (Å²) in [4.78, 5) is 0. The lowest BCUT2D eigenvalue weighted by Crippen LogP contribution is -3.00. The van der Waals surface area contributed by atoms with Crippen molar-refractivity contribution in [2.24, 2.45) is 0 Å². The molecule has 0 radical (unpaired) electrons. The van der Waals surface area contributed by atoms with Gasteiger partial charge in [-0.25, -0.2) is 0 Å². The number of rotatable bonds is 18. The van der Waals surface area contributed by atoms with Crippen molar-refractivity contribution in [3.05, 3.63) is 0 Å². The van der Waals surface area contributed by atoms with Crippen LogP contribution in [-0.2, 0) is 0 Å². The van der Waals surface area contributed by atoms with Crippen molar-refractivity contribution in [1.82, 2.24) is 0 Å². The van der Waals surface area contributed by atoms with E-state index in [1.165, 1.54) is 96.3 Å². The lowest BCUT2D eigenvalue weighted by Gasteiger charge is -2.23. The van der Waals surface area contributed by atoms with Gasteiger partial charge in [-0.2, -0.15) is 0 Å². The molecule has 0 fully saturated rings. The first-order valence-electron chi connectivity index (χ1n) is 11.0. The van der Waals surface area contributed by atoms with Gasteiger partial charge in [0.15, 0.2) is 0 Å². The highest BCUT2D eigenvalue weighted by molar-refractivity contribution is 7.75. The van der Waals surface area contributed by atoms with Gasteiger partial charge >= 0.3 is 0 Å². The van der Waals surface area contributed by atoms with Gasteiger partial charge in [0.2, 0.25) is 0 Å². The van der Waals surface area contributed by atoms with Crippen molar-refractivity contribution in [2.75, 3.05) is 25.2 Å². The van der Waals surface area contributed by atoms with Gasteiger partial charge in [0.05, 0.1) is 18.5 Å². The summed E-state index contributed by atoms with van der Waals surface area (Å²) in [7, 11) is -0.615. The lowest BCUT2D eigenvalue weighted by atomic mass is 10.2. The second-order valence-corrected chi connectivity index (χ2v) is 12.6. The zero-order chi connectivity index (χ0) is 17.2. The van der Waals surface area contributed by atoms with E-state index in [1.807, 2.05) is 0 Å². The Labute approximate surface area is 166 Å². The second kappa shape index (κ2) is 20.2. The van der Waals surface area contributed by atoms with Crippen molar-refractivity contribution in [3.8, 4) is 0 Å². The van der Waals surface area contributed by atoms with Crippen LogP contribution >= 0.6 is 7.26 Å². The topological polar surface area (TPSA) is 0 Å². The highest BCUT2D eigenvalue weighted by Crippen LogP contribution is 2.57. The summed E-state index contributed by atoms with van der Waals surface area (Å²) in [6.07, 6.45) is 26.7. The molecule has 0 saturated heterocycles. The minimum Gasteiger partial charge on any atom is -1.00 e. The van der Waals surface area contributed by atoms with Crippen LogP contribution in [0.15, 0.2) is 0 Å². The van der Waals surface area contributed by atoms with Crippen LogP contribution in [0.3, 0.4) is 0 Å². The quantitative estimate of drug-likeness (QED) is 0.200.